The lowest BCUT2D eigenvalue weighted by molar-refractivity contribution is -0.126. The molecule has 0 fully saturated rings. The highest BCUT2D eigenvalue weighted by Gasteiger charge is 2.23. The summed E-state index contributed by atoms with van der Waals surface area (Å²) in [4.78, 5) is 12.9. The first-order valence-electron chi connectivity index (χ1n) is 15.0. The van der Waals surface area contributed by atoms with Crippen molar-refractivity contribution in [2.24, 2.45) is 17.8 Å². The molecule has 0 saturated carbocycles. The summed E-state index contributed by atoms with van der Waals surface area (Å²) in [6, 6.07) is 11.8. The number of carbonyl (C=O) groups excluding carboxylic acids is 1. The number of benzene rings is 2. The molecule has 8 heteroatoms. The number of amides is 1. The first-order valence-corrected chi connectivity index (χ1v) is 15.0. The number of hydrogen-bond donors (Lipinski definition) is 2. The van der Waals surface area contributed by atoms with E-state index in [1.807, 2.05) is 31.2 Å². The number of aliphatic hydroxyl groups excluding tert-OH is 1. The third-order valence-corrected chi connectivity index (χ3v) is 7.78. The average Bonchev–Trinajstić information content (AvgIpc) is 2.98. The Morgan fingerprint density at radius 3 is 2.44 bits per heavy atom. The van der Waals surface area contributed by atoms with Crippen molar-refractivity contribution >= 4 is 5.91 Å². The predicted octanol–water partition coefficient (Wildman–Crippen LogP) is 5.57. The Bertz CT molecular complexity index is 1070. The molecule has 8 nitrogen and oxygen atoms in total. The number of hydrogen-bond acceptors (Lipinski definition) is 7. The van der Waals surface area contributed by atoms with Gasteiger partial charge in [-0.3, -0.25) is 4.79 Å². The van der Waals surface area contributed by atoms with E-state index in [1.54, 1.807) is 14.2 Å². The van der Waals surface area contributed by atoms with Crippen LogP contribution in [0.3, 0.4) is 0 Å². The molecule has 228 valence electrons. The average molecular weight is 572 g/mol. The monoisotopic (exact) mass is 571 g/mol. The molecular weight excluding hydrogens is 522 g/mol. The summed E-state index contributed by atoms with van der Waals surface area (Å²) in [6.07, 6.45) is 3.83. The van der Waals surface area contributed by atoms with Crippen molar-refractivity contribution in [1.29, 1.82) is 0 Å². The Balaban J connectivity index is 1.49. The lowest BCUT2D eigenvalue weighted by Crippen LogP contribution is -2.32. The lowest BCUT2D eigenvalue weighted by atomic mass is 9.83. The molecule has 0 radical (unpaired) electrons. The van der Waals surface area contributed by atoms with Gasteiger partial charge in [0.1, 0.15) is 13.2 Å². The molecule has 1 heterocycles. The van der Waals surface area contributed by atoms with Crippen LogP contribution in [0.2, 0.25) is 0 Å². The molecule has 2 aromatic rings. The number of fused-ring (bicyclic) bond motifs is 1. The predicted molar refractivity (Wildman–Crippen MR) is 160 cm³/mol. The fraction of sp³-hybridized carbons (Fsp3) is 0.606. The SMILES string of the molecule is CC[C@H](C[C@H](O)CC[C@H](Cc1ccc(OC)c(OCCCOC)c1)C(C)C)C(=O)NCc1ccc2c(c1)OCCO2. The number of nitrogens with one attached hydrogen (secondary N) is 1. The Kier molecular flexibility index (Phi) is 13.6. The normalized spacial score (nSPS) is 14.8. The molecule has 0 aliphatic carbocycles. The Morgan fingerprint density at radius 1 is 0.976 bits per heavy atom. The van der Waals surface area contributed by atoms with Gasteiger partial charge in [0.05, 0.1) is 19.8 Å². The third-order valence-electron chi connectivity index (χ3n) is 7.78. The molecule has 3 atom stereocenters. The van der Waals surface area contributed by atoms with Crippen molar-refractivity contribution in [3.63, 3.8) is 0 Å². The van der Waals surface area contributed by atoms with E-state index in [-0.39, 0.29) is 11.8 Å². The largest absolute Gasteiger partial charge is 0.493 e. The topological polar surface area (TPSA) is 95.5 Å². The zero-order valence-electron chi connectivity index (χ0n) is 25.4. The smallest absolute Gasteiger partial charge is 0.223 e. The summed E-state index contributed by atoms with van der Waals surface area (Å²) in [7, 11) is 3.34. The second-order valence-electron chi connectivity index (χ2n) is 11.2. The van der Waals surface area contributed by atoms with Crippen LogP contribution in [0.1, 0.15) is 64.0 Å². The lowest BCUT2D eigenvalue weighted by Gasteiger charge is -2.24. The fourth-order valence-electron chi connectivity index (χ4n) is 5.16. The fourth-order valence-corrected chi connectivity index (χ4v) is 5.16. The van der Waals surface area contributed by atoms with Crippen molar-refractivity contribution in [2.45, 2.75) is 71.9 Å². The summed E-state index contributed by atoms with van der Waals surface area (Å²) < 4.78 is 27.8. The molecule has 1 aliphatic rings. The van der Waals surface area contributed by atoms with Gasteiger partial charge in [0.15, 0.2) is 23.0 Å². The highest BCUT2D eigenvalue weighted by molar-refractivity contribution is 5.78. The van der Waals surface area contributed by atoms with E-state index in [2.05, 4.69) is 31.3 Å². The van der Waals surface area contributed by atoms with Gasteiger partial charge >= 0.3 is 0 Å². The highest BCUT2D eigenvalue weighted by Crippen LogP contribution is 2.32. The van der Waals surface area contributed by atoms with Crippen LogP contribution in [-0.2, 0) is 22.5 Å². The first kappa shape index (κ1) is 32.5. The van der Waals surface area contributed by atoms with Crippen LogP contribution in [0, 0.1) is 17.8 Å². The van der Waals surface area contributed by atoms with Crippen LogP contribution in [-0.4, -0.2) is 57.8 Å². The quantitative estimate of drug-likeness (QED) is 0.226. The number of carbonyl (C=O) groups is 1. The van der Waals surface area contributed by atoms with Gasteiger partial charge in [0, 0.05) is 32.6 Å². The van der Waals surface area contributed by atoms with Crippen molar-refractivity contribution in [2.75, 3.05) is 40.6 Å². The minimum atomic E-state index is -0.531. The zero-order chi connectivity index (χ0) is 29.6. The standard InChI is InChI=1S/C33H49NO7/c1-6-26(33(36)34-22-25-9-13-30-32(20-25)41-17-16-40-30)21-28(35)11-10-27(23(2)3)18-24-8-12-29(38-5)31(19-24)39-15-7-14-37-4/h8-9,12-13,19-20,23,26-28,35H,6-7,10-11,14-18,21-22H2,1-5H3,(H,34,36)/t26-,27-,28-/m1/s1. The van der Waals surface area contributed by atoms with E-state index >= 15 is 0 Å². The number of aliphatic hydroxyl groups is 1. The maximum absolute atomic E-state index is 12.9. The van der Waals surface area contributed by atoms with Crippen molar-refractivity contribution in [3.05, 3.63) is 47.5 Å². The summed E-state index contributed by atoms with van der Waals surface area (Å²) in [6.45, 7) is 9.16. The van der Waals surface area contributed by atoms with Crippen molar-refractivity contribution < 1.29 is 33.6 Å². The maximum atomic E-state index is 12.9. The number of ether oxygens (including phenoxy) is 5. The van der Waals surface area contributed by atoms with E-state index in [0.29, 0.717) is 69.8 Å². The highest BCUT2D eigenvalue weighted by atomic mass is 16.6. The van der Waals surface area contributed by atoms with Crippen LogP contribution in [0.4, 0.5) is 0 Å². The molecule has 0 saturated heterocycles. The second-order valence-corrected chi connectivity index (χ2v) is 11.2. The number of rotatable bonds is 18. The summed E-state index contributed by atoms with van der Waals surface area (Å²) in [5.41, 5.74) is 2.14. The minimum absolute atomic E-state index is 0.0295. The Labute approximate surface area is 245 Å². The van der Waals surface area contributed by atoms with Crippen LogP contribution < -0.4 is 24.3 Å². The van der Waals surface area contributed by atoms with Gasteiger partial charge in [-0.05, 0) is 79.3 Å². The van der Waals surface area contributed by atoms with E-state index < -0.39 is 6.10 Å². The second kappa shape index (κ2) is 17.1. The maximum Gasteiger partial charge on any atom is 0.223 e. The first-order chi connectivity index (χ1) is 19.8. The molecule has 1 aliphatic heterocycles. The van der Waals surface area contributed by atoms with E-state index in [0.717, 1.165) is 42.1 Å². The Morgan fingerprint density at radius 2 is 1.73 bits per heavy atom. The van der Waals surface area contributed by atoms with Gasteiger partial charge < -0.3 is 34.1 Å². The summed E-state index contributed by atoms with van der Waals surface area (Å²) in [5.74, 6) is 3.49. The molecule has 0 spiro atoms. The molecule has 0 aromatic heterocycles. The van der Waals surface area contributed by atoms with Crippen LogP contribution in [0.15, 0.2) is 36.4 Å². The summed E-state index contributed by atoms with van der Waals surface area (Å²) in [5, 5.41) is 13.9. The molecule has 41 heavy (non-hydrogen) atoms. The molecule has 2 aromatic carbocycles. The van der Waals surface area contributed by atoms with E-state index in [4.69, 9.17) is 23.7 Å². The van der Waals surface area contributed by atoms with Crippen LogP contribution in [0.25, 0.3) is 0 Å². The van der Waals surface area contributed by atoms with Crippen molar-refractivity contribution in [3.8, 4) is 23.0 Å². The van der Waals surface area contributed by atoms with E-state index in [9.17, 15) is 9.90 Å². The molecule has 0 unspecified atom stereocenters. The molecule has 3 rings (SSSR count). The van der Waals surface area contributed by atoms with Gasteiger partial charge in [-0.15, -0.1) is 0 Å². The Hall–Kier alpha value is -2.97. The molecule has 2 N–H and O–H groups in total. The minimum Gasteiger partial charge on any atom is -0.493 e. The van der Waals surface area contributed by atoms with E-state index in [1.165, 1.54) is 5.56 Å². The van der Waals surface area contributed by atoms with Crippen LogP contribution in [0.5, 0.6) is 23.0 Å². The summed E-state index contributed by atoms with van der Waals surface area (Å²) >= 11 is 0. The van der Waals surface area contributed by atoms with Gasteiger partial charge in [0.25, 0.3) is 0 Å². The molecule has 0 bridgehead atoms. The van der Waals surface area contributed by atoms with Gasteiger partial charge in [-0.2, -0.15) is 0 Å². The van der Waals surface area contributed by atoms with Crippen molar-refractivity contribution in [1.82, 2.24) is 5.32 Å². The zero-order valence-corrected chi connectivity index (χ0v) is 25.4. The molecular formula is C33H49NO7. The van der Waals surface area contributed by atoms with Gasteiger partial charge in [-0.1, -0.05) is 32.9 Å². The molecule has 1 amide bonds. The van der Waals surface area contributed by atoms with Crippen LogP contribution >= 0.6 is 0 Å². The number of methoxy groups -OCH3 is 2. The van der Waals surface area contributed by atoms with Gasteiger partial charge in [0.2, 0.25) is 5.91 Å². The third kappa shape index (κ3) is 10.4. The van der Waals surface area contributed by atoms with Gasteiger partial charge in [-0.25, -0.2) is 0 Å².